The van der Waals surface area contributed by atoms with Crippen molar-refractivity contribution in [3.05, 3.63) is 94.7 Å². The quantitative estimate of drug-likeness (QED) is 0.371. The van der Waals surface area contributed by atoms with Crippen LogP contribution in [0, 0.1) is 11.6 Å². The van der Waals surface area contributed by atoms with Crippen LogP contribution >= 0.6 is 0 Å². The normalized spacial score (nSPS) is 13.9. The zero-order chi connectivity index (χ0) is 25.6. The maximum atomic E-state index is 15.7. The summed E-state index contributed by atoms with van der Waals surface area (Å²) in [6.07, 6.45) is 5.68. The van der Waals surface area contributed by atoms with Gasteiger partial charge in [0.1, 0.15) is 40.0 Å². The maximum Gasteiger partial charge on any atom is 0.186 e. The molecular formula is C27H20F2N4O3S. The molecule has 0 saturated heterocycles. The van der Waals surface area contributed by atoms with E-state index in [4.69, 9.17) is 4.74 Å². The minimum Gasteiger partial charge on any atom is -0.492 e. The van der Waals surface area contributed by atoms with Gasteiger partial charge in [0, 0.05) is 48.4 Å². The summed E-state index contributed by atoms with van der Waals surface area (Å²) in [5.41, 5.74) is 3.26. The van der Waals surface area contributed by atoms with E-state index in [1.807, 2.05) is 0 Å². The molecule has 0 spiro atoms. The number of hydrogen-bond donors (Lipinski definition) is 0. The van der Waals surface area contributed by atoms with E-state index >= 15 is 4.39 Å². The molecule has 186 valence electrons. The number of aliphatic imine (C=N–C) groups is 1. The van der Waals surface area contributed by atoms with Gasteiger partial charge in [-0.05, 0) is 29.8 Å². The second-order valence-electron chi connectivity index (χ2n) is 8.81. The number of rotatable bonds is 6. The molecule has 6 rings (SSSR count). The van der Waals surface area contributed by atoms with Gasteiger partial charge in [0.05, 0.1) is 23.7 Å². The Morgan fingerprint density at radius 1 is 1.00 bits per heavy atom. The molecule has 4 heterocycles. The second kappa shape index (κ2) is 9.11. The molecule has 0 unspecified atom stereocenters. The number of fused-ring (bicyclic) bond motifs is 2. The predicted octanol–water partition coefficient (Wildman–Crippen LogP) is 4.57. The Balaban J connectivity index is 1.37. The summed E-state index contributed by atoms with van der Waals surface area (Å²) in [4.78, 5) is 17.3. The highest BCUT2D eigenvalue weighted by Gasteiger charge is 2.28. The van der Waals surface area contributed by atoms with Crippen LogP contribution in [0.4, 0.5) is 14.5 Å². The molecule has 0 radical (unpaired) electrons. The van der Waals surface area contributed by atoms with E-state index in [9.17, 15) is 12.8 Å². The van der Waals surface area contributed by atoms with Crippen LogP contribution in [0.5, 0.6) is 5.75 Å². The molecule has 2 aliphatic rings. The average molecular weight is 519 g/mol. The minimum atomic E-state index is -3.96. The number of sulfone groups is 1. The van der Waals surface area contributed by atoms with Crippen LogP contribution in [-0.4, -0.2) is 36.2 Å². The van der Waals surface area contributed by atoms with Gasteiger partial charge in [0.15, 0.2) is 9.84 Å². The zero-order valence-electron chi connectivity index (χ0n) is 19.5. The van der Waals surface area contributed by atoms with Gasteiger partial charge in [-0.2, -0.15) is 0 Å². The van der Waals surface area contributed by atoms with Gasteiger partial charge in [-0.15, -0.1) is 0 Å². The lowest BCUT2D eigenvalue weighted by molar-refractivity contribution is 0.348. The van der Waals surface area contributed by atoms with Gasteiger partial charge in [-0.1, -0.05) is 18.2 Å². The molecule has 2 aromatic carbocycles. The number of aromatic nitrogens is 3. The fourth-order valence-electron chi connectivity index (χ4n) is 4.71. The minimum absolute atomic E-state index is 0.0120. The Kier molecular flexibility index (Phi) is 5.75. The number of pyridine rings is 1. The Bertz CT molecular complexity index is 1690. The molecule has 0 N–H and O–H groups in total. The van der Waals surface area contributed by atoms with E-state index in [0.29, 0.717) is 47.8 Å². The number of ether oxygens (including phenoxy) is 1. The monoisotopic (exact) mass is 518 g/mol. The summed E-state index contributed by atoms with van der Waals surface area (Å²) in [6.45, 7) is 0.393. The summed E-state index contributed by atoms with van der Waals surface area (Å²) in [5, 5.41) is 0. The SMILES string of the molecule is O=S(=O)(Cc1ccc(F)c(Cc2ncccc2-c2ncnc3c2N=CC3)c1F)c1cccc2c1OCC2. The van der Waals surface area contributed by atoms with Crippen LogP contribution in [0.2, 0.25) is 0 Å². The first-order valence-corrected chi connectivity index (χ1v) is 13.3. The third kappa shape index (κ3) is 4.17. The molecule has 10 heteroatoms. The molecule has 37 heavy (non-hydrogen) atoms. The molecule has 2 aliphatic heterocycles. The van der Waals surface area contributed by atoms with Gasteiger partial charge < -0.3 is 4.74 Å². The van der Waals surface area contributed by atoms with Gasteiger partial charge in [-0.25, -0.2) is 27.2 Å². The van der Waals surface area contributed by atoms with E-state index in [1.165, 1.54) is 24.7 Å². The zero-order valence-corrected chi connectivity index (χ0v) is 20.3. The van der Waals surface area contributed by atoms with E-state index in [2.05, 4.69) is 19.9 Å². The number of halogens is 2. The molecule has 0 saturated carbocycles. The highest BCUT2D eigenvalue weighted by atomic mass is 32.2. The van der Waals surface area contributed by atoms with Crippen LogP contribution in [0.1, 0.15) is 28.1 Å². The Morgan fingerprint density at radius 3 is 2.78 bits per heavy atom. The van der Waals surface area contributed by atoms with Crippen LogP contribution < -0.4 is 4.74 Å². The number of benzene rings is 2. The van der Waals surface area contributed by atoms with Crippen LogP contribution in [-0.2, 0) is 34.9 Å². The third-order valence-corrected chi connectivity index (χ3v) is 8.20. The second-order valence-corrected chi connectivity index (χ2v) is 10.8. The first-order valence-electron chi connectivity index (χ1n) is 11.7. The molecule has 0 bridgehead atoms. The van der Waals surface area contributed by atoms with Gasteiger partial charge in [0.25, 0.3) is 0 Å². The number of nitrogens with zero attached hydrogens (tertiary/aromatic N) is 4. The molecule has 0 amide bonds. The van der Waals surface area contributed by atoms with Crippen LogP contribution in [0.3, 0.4) is 0 Å². The first-order chi connectivity index (χ1) is 17.9. The van der Waals surface area contributed by atoms with E-state index < -0.39 is 27.2 Å². The predicted molar refractivity (Wildman–Crippen MR) is 133 cm³/mol. The molecule has 4 aromatic rings. The van der Waals surface area contributed by atoms with Gasteiger partial charge in [0.2, 0.25) is 0 Å². The highest BCUT2D eigenvalue weighted by Crippen LogP contribution is 2.37. The maximum absolute atomic E-state index is 15.7. The Labute approximate surface area is 211 Å². The van der Waals surface area contributed by atoms with Gasteiger partial charge >= 0.3 is 0 Å². The lowest BCUT2D eigenvalue weighted by Gasteiger charge is -2.14. The highest BCUT2D eigenvalue weighted by molar-refractivity contribution is 7.90. The Hall–Kier alpha value is -4.05. The van der Waals surface area contributed by atoms with Crippen molar-refractivity contribution < 1.29 is 21.9 Å². The van der Waals surface area contributed by atoms with Crippen LogP contribution in [0.15, 0.2) is 64.9 Å². The van der Waals surface area contributed by atoms with Crippen molar-refractivity contribution in [3.63, 3.8) is 0 Å². The summed E-state index contributed by atoms with van der Waals surface area (Å²) in [7, 11) is -3.96. The molecule has 0 aliphatic carbocycles. The van der Waals surface area contributed by atoms with E-state index in [-0.39, 0.29) is 22.4 Å². The fraction of sp³-hybridized carbons (Fsp3) is 0.185. The van der Waals surface area contributed by atoms with Crippen molar-refractivity contribution >= 4 is 21.7 Å². The molecular weight excluding hydrogens is 498 g/mol. The summed E-state index contributed by atoms with van der Waals surface area (Å²) in [5.74, 6) is -2.03. The standard InChI is InChI=1S/C27H20F2N4O3S/c28-20-7-6-17(14-37(34,35)23-5-1-3-16-9-12-36-27(16)23)24(29)19(20)13-22-18(4-2-10-30-22)25-26-21(8-11-31-26)32-15-33-25/h1-7,10-11,15H,8-9,12-14H2. The molecule has 0 atom stereocenters. The summed E-state index contributed by atoms with van der Waals surface area (Å²) >= 11 is 0. The first kappa shape index (κ1) is 23.4. The summed E-state index contributed by atoms with van der Waals surface area (Å²) in [6, 6.07) is 10.6. The summed E-state index contributed by atoms with van der Waals surface area (Å²) < 4.78 is 62.6. The molecule has 7 nitrogen and oxygen atoms in total. The van der Waals surface area contributed by atoms with Crippen molar-refractivity contribution in [3.8, 4) is 17.0 Å². The fourth-order valence-corrected chi connectivity index (χ4v) is 6.26. The number of hydrogen-bond acceptors (Lipinski definition) is 7. The lowest BCUT2D eigenvalue weighted by atomic mass is 9.99. The van der Waals surface area contributed by atoms with Crippen molar-refractivity contribution in [2.75, 3.05) is 6.61 Å². The van der Waals surface area contributed by atoms with Crippen molar-refractivity contribution in [1.82, 2.24) is 15.0 Å². The van der Waals surface area contributed by atoms with E-state index in [1.54, 1.807) is 30.5 Å². The van der Waals surface area contributed by atoms with Crippen molar-refractivity contribution in [1.29, 1.82) is 0 Å². The van der Waals surface area contributed by atoms with Crippen molar-refractivity contribution in [2.24, 2.45) is 4.99 Å². The smallest absolute Gasteiger partial charge is 0.186 e. The third-order valence-electron chi connectivity index (χ3n) is 6.52. The van der Waals surface area contributed by atoms with Crippen LogP contribution in [0.25, 0.3) is 11.3 Å². The number of para-hydroxylation sites is 1. The van der Waals surface area contributed by atoms with Gasteiger partial charge in [-0.3, -0.25) is 9.98 Å². The Morgan fingerprint density at radius 2 is 1.89 bits per heavy atom. The lowest BCUT2D eigenvalue weighted by Crippen LogP contribution is -2.11. The average Bonchev–Trinajstić information content (AvgIpc) is 3.58. The van der Waals surface area contributed by atoms with E-state index in [0.717, 1.165) is 17.3 Å². The topological polar surface area (TPSA) is 94.4 Å². The largest absolute Gasteiger partial charge is 0.492 e. The molecule has 2 aromatic heterocycles. The molecule has 0 fully saturated rings. The van der Waals surface area contributed by atoms with Crippen molar-refractivity contribution in [2.45, 2.75) is 29.9 Å².